The lowest BCUT2D eigenvalue weighted by Crippen LogP contribution is -2.31. The Kier molecular flexibility index (Phi) is 4.89. The Morgan fingerprint density at radius 1 is 1.04 bits per heavy atom. The molecule has 2 heterocycles. The van der Waals surface area contributed by atoms with Crippen LogP contribution in [0, 0.1) is 0 Å². The quantitative estimate of drug-likeness (QED) is 0.483. The fraction of sp³-hybridized carbons (Fsp3) is 0.238. The van der Waals surface area contributed by atoms with Gasteiger partial charge in [0.05, 0.1) is 12.1 Å². The minimum absolute atomic E-state index is 0.164. The van der Waals surface area contributed by atoms with Crippen molar-refractivity contribution in [3.8, 4) is 0 Å². The molecule has 0 N–H and O–H groups in total. The van der Waals surface area contributed by atoms with Crippen molar-refractivity contribution < 1.29 is 9.53 Å². The van der Waals surface area contributed by atoms with Gasteiger partial charge in [-0.05, 0) is 31.0 Å². The van der Waals surface area contributed by atoms with Crippen LogP contribution in [0.5, 0.6) is 0 Å². The number of hydrogen-bond donors (Lipinski definition) is 0. The maximum absolute atomic E-state index is 13.0. The number of para-hydroxylation sites is 1. The molecule has 0 aliphatic carbocycles. The average molecular weight is 376 g/mol. The third-order valence-corrected chi connectivity index (χ3v) is 4.57. The molecule has 4 aromatic rings. The van der Waals surface area contributed by atoms with E-state index in [4.69, 9.17) is 4.74 Å². The van der Waals surface area contributed by atoms with Gasteiger partial charge in [-0.25, -0.2) is 9.78 Å². The number of ether oxygens (including phenoxy) is 1. The minimum Gasteiger partial charge on any atom is -0.465 e. The Morgan fingerprint density at radius 2 is 1.79 bits per heavy atom. The highest BCUT2D eigenvalue weighted by atomic mass is 16.5. The molecule has 0 fully saturated rings. The summed E-state index contributed by atoms with van der Waals surface area (Å²) in [6.07, 6.45) is 1.41. The summed E-state index contributed by atoms with van der Waals surface area (Å²) in [5.74, 6) is 0.138. The van der Waals surface area contributed by atoms with Gasteiger partial charge in [0, 0.05) is 11.8 Å². The SMILES string of the molecule is CCOC(=O)Cn1c(=O)n2nc(CCc3ccccc3)nc2c2ccccc21. The number of esters is 1. The van der Waals surface area contributed by atoms with Crippen LogP contribution in [0.15, 0.2) is 59.4 Å². The summed E-state index contributed by atoms with van der Waals surface area (Å²) < 4.78 is 7.68. The molecule has 4 rings (SSSR count). The van der Waals surface area contributed by atoms with E-state index in [0.29, 0.717) is 23.4 Å². The van der Waals surface area contributed by atoms with Crippen molar-refractivity contribution in [2.24, 2.45) is 0 Å². The first-order valence-electron chi connectivity index (χ1n) is 9.24. The number of hydrogen-bond acceptors (Lipinski definition) is 5. The van der Waals surface area contributed by atoms with Gasteiger partial charge in [-0.3, -0.25) is 9.36 Å². The lowest BCUT2D eigenvalue weighted by molar-refractivity contribution is -0.143. The van der Waals surface area contributed by atoms with Gasteiger partial charge < -0.3 is 4.74 Å². The highest BCUT2D eigenvalue weighted by molar-refractivity contribution is 5.91. The lowest BCUT2D eigenvalue weighted by Gasteiger charge is -2.10. The topological polar surface area (TPSA) is 78.5 Å². The van der Waals surface area contributed by atoms with E-state index in [1.165, 1.54) is 14.6 Å². The van der Waals surface area contributed by atoms with Crippen molar-refractivity contribution >= 4 is 22.5 Å². The molecule has 0 aliphatic heterocycles. The fourth-order valence-electron chi connectivity index (χ4n) is 3.27. The maximum atomic E-state index is 13.0. The lowest BCUT2D eigenvalue weighted by atomic mass is 10.1. The molecule has 7 heteroatoms. The van der Waals surface area contributed by atoms with E-state index in [1.807, 2.05) is 36.4 Å². The summed E-state index contributed by atoms with van der Waals surface area (Å²) in [6.45, 7) is 1.83. The summed E-state index contributed by atoms with van der Waals surface area (Å²) in [4.78, 5) is 29.6. The number of rotatable bonds is 6. The smallest absolute Gasteiger partial charge is 0.351 e. The Balaban J connectivity index is 1.77. The molecule has 0 atom stereocenters. The Labute approximate surface area is 161 Å². The van der Waals surface area contributed by atoms with Gasteiger partial charge in [0.2, 0.25) is 0 Å². The second kappa shape index (κ2) is 7.64. The first-order valence-corrected chi connectivity index (χ1v) is 9.24. The highest BCUT2D eigenvalue weighted by Gasteiger charge is 2.17. The Bertz CT molecular complexity index is 1190. The monoisotopic (exact) mass is 376 g/mol. The largest absolute Gasteiger partial charge is 0.465 e. The summed E-state index contributed by atoms with van der Waals surface area (Å²) in [5, 5.41) is 5.18. The number of carbonyl (C=O) groups excluding carboxylic acids is 1. The van der Waals surface area contributed by atoms with Crippen LogP contribution in [0.1, 0.15) is 18.3 Å². The number of fused-ring (bicyclic) bond motifs is 3. The molecule has 0 saturated heterocycles. The normalized spacial score (nSPS) is 11.2. The molecule has 0 aliphatic rings. The van der Waals surface area contributed by atoms with Gasteiger partial charge in [-0.2, -0.15) is 4.52 Å². The van der Waals surface area contributed by atoms with E-state index in [1.54, 1.807) is 13.0 Å². The molecule has 2 aromatic carbocycles. The molecule has 0 saturated carbocycles. The van der Waals surface area contributed by atoms with Gasteiger partial charge in [-0.1, -0.05) is 42.5 Å². The van der Waals surface area contributed by atoms with Crippen molar-refractivity contribution in [1.82, 2.24) is 19.2 Å². The van der Waals surface area contributed by atoms with Crippen molar-refractivity contribution in [2.75, 3.05) is 6.61 Å². The predicted octanol–water partition coefficient (Wildman–Crippen LogP) is 2.39. The molecule has 142 valence electrons. The van der Waals surface area contributed by atoms with Crippen LogP contribution in [0.3, 0.4) is 0 Å². The van der Waals surface area contributed by atoms with Crippen LogP contribution in [-0.2, 0) is 28.9 Å². The van der Waals surface area contributed by atoms with Crippen LogP contribution < -0.4 is 5.69 Å². The Morgan fingerprint density at radius 3 is 2.57 bits per heavy atom. The summed E-state index contributed by atoms with van der Waals surface area (Å²) in [5.41, 5.74) is 1.92. The Hall–Kier alpha value is -3.48. The van der Waals surface area contributed by atoms with E-state index >= 15 is 0 Å². The number of carbonyl (C=O) groups is 1. The van der Waals surface area contributed by atoms with Crippen molar-refractivity contribution in [1.29, 1.82) is 0 Å². The first-order chi connectivity index (χ1) is 13.7. The van der Waals surface area contributed by atoms with E-state index in [9.17, 15) is 9.59 Å². The maximum Gasteiger partial charge on any atom is 0.351 e. The van der Waals surface area contributed by atoms with Gasteiger partial charge in [0.1, 0.15) is 6.54 Å². The number of aryl methyl sites for hydroxylation is 2. The van der Waals surface area contributed by atoms with Crippen molar-refractivity contribution in [2.45, 2.75) is 26.3 Å². The van der Waals surface area contributed by atoms with Gasteiger partial charge in [0.15, 0.2) is 11.5 Å². The second-order valence-electron chi connectivity index (χ2n) is 6.44. The minimum atomic E-state index is -0.460. The number of benzene rings is 2. The van der Waals surface area contributed by atoms with Gasteiger partial charge in [-0.15, -0.1) is 5.10 Å². The molecule has 0 spiro atoms. The first kappa shape index (κ1) is 17.9. The van der Waals surface area contributed by atoms with E-state index in [0.717, 1.165) is 11.8 Å². The standard InChI is InChI=1S/C21H20N4O3/c1-2-28-19(26)14-24-17-11-7-6-10-16(17)20-22-18(23-25(20)21(24)27)13-12-15-8-4-3-5-9-15/h3-11H,2,12-14H2,1H3. The van der Waals surface area contributed by atoms with Crippen LogP contribution in [0.25, 0.3) is 16.6 Å². The molecule has 0 bridgehead atoms. The molecule has 28 heavy (non-hydrogen) atoms. The highest BCUT2D eigenvalue weighted by Crippen LogP contribution is 2.17. The zero-order valence-corrected chi connectivity index (χ0v) is 15.5. The van der Waals surface area contributed by atoms with Crippen molar-refractivity contribution in [3.05, 3.63) is 76.5 Å². The zero-order valence-electron chi connectivity index (χ0n) is 15.5. The van der Waals surface area contributed by atoms with E-state index in [2.05, 4.69) is 22.2 Å². The molecule has 7 nitrogen and oxygen atoms in total. The molecular weight excluding hydrogens is 356 g/mol. The summed E-state index contributed by atoms with van der Waals surface area (Å²) in [6, 6.07) is 17.4. The number of nitrogens with zero attached hydrogens (tertiary/aromatic N) is 4. The van der Waals surface area contributed by atoms with Crippen LogP contribution in [0.2, 0.25) is 0 Å². The average Bonchev–Trinajstić information content (AvgIpc) is 3.15. The number of aromatic nitrogens is 4. The third-order valence-electron chi connectivity index (χ3n) is 4.57. The second-order valence-corrected chi connectivity index (χ2v) is 6.44. The third kappa shape index (κ3) is 3.38. The van der Waals surface area contributed by atoms with Crippen LogP contribution in [-0.4, -0.2) is 31.7 Å². The molecular formula is C21H20N4O3. The predicted molar refractivity (Wildman–Crippen MR) is 105 cm³/mol. The zero-order chi connectivity index (χ0) is 19.5. The fourth-order valence-corrected chi connectivity index (χ4v) is 3.27. The molecule has 0 radical (unpaired) electrons. The van der Waals surface area contributed by atoms with Crippen LogP contribution in [0.4, 0.5) is 0 Å². The molecule has 0 unspecified atom stereocenters. The van der Waals surface area contributed by atoms with E-state index in [-0.39, 0.29) is 13.2 Å². The molecule has 2 aromatic heterocycles. The van der Waals surface area contributed by atoms with Gasteiger partial charge in [0.25, 0.3) is 0 Å². The van der Waals surface area contributed by atoms with Gasteiger partial charge >= 0.3 is 11.7 Å². The summed E-state index contributed by atoms with van der Waals surface area (Å²) in [7, 11) is 0. The molecule has 0 amide bonds. The van der Waals surface area contributed by atoms with Crippen molar-refractivity contribution in [3.63, 3.8) is 0 Å². The van der Waals surface area contributed by atoms with E-state index < -0.39 is 11.7 Å². The van der Waals surface area contributed by atoms with Crippen LogP contribution >= 0.6 is 0 Å². The summed E-state index contributed by atoms with van der Waals surface area (Å²) >= 11 is 0.